The summed E-state index contributed by atoms with van der Waals surface area (Å²) in [5, 5.41) is 5.44. The lowest BCUT2D eigenvalue weighted by atomic mass is 9.68. The van der Waals surface area contributed by atoms with Gasteiger partial charge in [0.25, 0.3) is 0 Å². The molecule has 3 N–H and O–H groups in total. The van der Waals surface area contributed by atoms with E-state index in [1.54, 1.807) is 18.0 Å². The van der Waals surface area contributed by atoms with Crippen molar-refractivity contribution in [3.05, 3.63) is 59.7 Å². The van der Waals surface area contributed by atoms with E-state index in [4.69, 9.17) is 5.73 Å². The first-order valence-electron chi connectivity index (χ1n) is 7.63. The van der Waals surface area contributed by atoms with Crippen LogP contribution in [-0.2, 0) is 5.41 Å². The van der Waals surface area contributed by atoms with Crippen LogP contribution in [0.1, 0.15) is 24.0 Å². The molecule has 0 saturated carbocycles. The zero-order chi connectivity index (χ0) is 15.1. The third-order valence-corrected chi connectivity index (χ3v) is 5.51. The van der Waals surface area contributed by atoms with E-state index in [0.29, 0.717) is 5.92 Å². The van der Waals surface area contributed by atoms with Crippen molar-refractivity contribution in [3.63, 3.8) is 0 Å². The fourth-order valence-corrected chi connectivity index (χ4v) is 4.23. The van der Waals surface area contributed by atoms with E-state index in [2.05, 4.69) is 49.2 Å². The van der Waals surface area contributed by atoms with Gasteiger partial charge >= 0.3 is 0 Å². The van der Waals surface area contributed by atoms with Crippen LogP contribution in [0.3, 0.4) is 0 Å². The van der Waals surface area contributed by atoms with Crippen LogP contribution in [0.2, 0.25) is 0 Å². The maximum atomic E-state index is 5.50. The lowest BCUT2D eigenvalue weighted by molar-refractivity contribution is 0.278. The fourth-order valence-electron chi connectivity index (χ4n) is 3.22. The number of nitrogens with one attached hydrogen (secondary N) is 1. The van der Waals surface area contributed by atoms with Crippen LogP contribution in [0, 0.1) is 12.8 Å². The molecule has 1 unspecified atom stereocenters. The molecule has 0 aliphatic carbocycles. The van der Waals surface area contributed by atoms with Crippen LogP contribution in [-0.4, -0.2) is 18.8 Å². The molecule has 2 nitrogen and oxygen atoms in total. The van der Waals surface area contributed by atoms with E-state index >= 15 is 0 Å². The molecule has 2 rings (SSSR count). The van der Waals surface area contributed by atoms with E-state index in [0.717, 1.165) is 18.8 Å². The Hall–Kier alpha value is -1.19. The minimum atomic E-state index is 0.0278. The number of aryl methyl sites for hydroxylation is 1. The van der Waals surface area contributed by atoms with Crippen LogP contribution in [0.5, 0.6) is 0 Å². The Morgan fingerprint density at radius 2 is 2.00 bits per heavy atom. The van der Waals surface area contributed by atoms with Crippen molar-refractivity contribution in [2.24, 2.45) is 11.7 Å². The number of hydrogen-bond acceptors (Lipinski definition) is 3. The lowest BCUT2D eigenvalue weighted by Gasteiger charge is -2.41. The third kappa shape index (κ3) is 3.72. The molecule has 1 saturated heterocycles. The largest absolute Gasteiger partial charge is 0.404 e. The van der Waals surface area contributed by atoms with E-state index in [1.807, 2.05) is 5.41 Å². The Labute approximate surface area is 132 Å². The van der Waals surface area contributed by atoms with Crippen molar-refractivity contribution >= 4 is 11.8 Å². The van der Waals surface area contributed by atoms with Crippen molar-refractivity contribution in [2.75, 3.05) is 18.8 Å². The highest BCUT2D eigenvalue weighted by Crippen LogP contribution is 2.41. The van der Waals surface area contributed by atoms with Crippen LogP contribution >= 0.6 is 11.8 Å². The van der Waals surface area contributed by atoms with Crippen LogP contribution in [0.25, 0.3) is 0 Å². The van der Waals surface area contributed by atoms with Crippen molar-refractivity contribution in [3.8, 4) is 0 Å². The molecule has 21 heavy (non-hydrogen) atoms. The highest BCUT2D eigenvalue weighted by atomic mass is 32.2. The first kappa shape index (κ1) is 16.2. The molecule has 1 aliphatic rings. The second-order valence-electron chi connectivity index (χ2n) is 5.77. The maximum Gasteiger partial charge on any atom is 0.0252 e. The Morgan fingerprint density at radius 3 is 2.57 bits per heavy atom. The van der Waals surface area contributed by atoms with Gasteiger partial charge in [-0.05, 0) is 49.7 Å². The Kier molecular flexibility index (Phi) is 5.95. The molecule has 1 heterocycles. The average molecular weight is 302 g/mol. The molecule has 0 aromatic heterocycles. The normalized spacial score (nSPS) is 19.5. The molecule has 1 aliphatic heterocycles. The van der Waals surface area contributed by atoms with Crippen molar-refractivity contribution in [1.82, 2.24) is 5.32 Å². The van der Waals surface area contributed by atoms with Crippen molar-refractivity contribution < 1.29 is 0 Å². The quantitative estimate of drug-likeness (QED) is 0.789. The topological polar surface area (TPSA) is 38.0 Å². The number of thioether (sulfide) groups is 1. The third-order valence-electron chi connectivity index (χ3n) is 4.52. The van der Waals surface area contributed by atoms with Gasteiger partial charge < -0.3 is 11.1 Å². The average Bonchev–Trinajstić information content (AvgIpc) is 2.54. The van der Waals surface area contributed by atoms with E-state index < -0.39 is 0 Å². The molecule has 1 aromatic rings. The minimum Gasteiger partial charge on any atom is -0.404 e. The highest BCUT2D eigenvalue weighted by molar-refractivity contribution is 8.02. The number of allylic oxidation sites excluding steroid dienone is 1. The first-order valence-corrected chi connectivity index (χ1v) is 8.67. The number of piperidine rings is 1. The maximum absolute atomic E-state index is 5.50. The van der Waals surface area contributed by atoms with Gasteiger partial charge in [0.1, 0.15) is 0 Å². The minimum absolute atomic E-state index is 0.0278. The molecule has 0 spiro atoms. The Bertz CT molecular complexity index is 474. The molecule has 1 aromatic carbocycles. The van der Waals surface area contributed by atoms with E-state index in [1.165, 1.54) is 24.0 Å². The number of nitrogens with two attached hydrogens (primary N) is 1. The smallest absolute Gasteiger partial charge is 0.0252 e. The van der Waals surface area contributed by atoms with Crippen LogP contribution in [0.15, 0.2) is 48.5 Å². The van der Waals surface area contributed by atoms with Gasteiger partial charge in [-0.1, -0.05) is 35.9 Å². The zero-order valence-corrected chi connectivity index (χ0v) is 13.7. The number of rotatable bonds is 6. The summed E-state index contributed by atoms with van der Waals surface area (Å²) in [6.07, 6.45) is 6.20. The predicted molar refractivity (Wildman–Crippen MR) is 94.4 cm³/mol. The van der Waals surface area contributed by atoms with Gasteiger partial charge in [-0.3, -0.25) is 0 Å². The molecule has 3 heteroatoms. The summed E-state index contributed by atoms with van der Waals surface area (Å²) in [5.74, 6) is 1.63. The fraction of sp³-hybridized carbons (Fsp3) is 0.444. The molecule has 1 fully saturated rings. The zero-order valence-electron chi connectivity index (χ0n) is 12.8. The summed E-state index contributed by atoms with van der Waals surface area (Å²) in [5.41, 5.74) is 8.21. The molecule has 0 radical (unpaired) electrons. The van der Waals surface area contributed by atoms with E-state index in [-0.39, 0.29) is 5.41 Å². The van der Waals surface area contributed by atoms with Gasteiger partial charge in [0.2, 0.25) is 0 Å². The number of hydrogen-bond donors (Lipinski definition) is 2. The molecule has 0 bridgehead atoms. The summed E-state index contributed by atoms with van der Waals surface area (Å²) in [4.78, 5) is 0. The molecular formula is C18H26N2S. The Morgan fingerprint density at radius 1 is 1.33 bits per heavy atom. The molecule has 114 valence electrons. The van der Waals surface area contributed by atoms with Gasteiger partial charge in [-0.15, -0.1) is 18.3 Å². The summed E-state index contributed by atoms with van der Waals surface area (Å²) in [6, 6.07) is 8.95. The monoisotopic (exact) mass is 302 g/mol. The van der Waals surface area contributed by atoms with Gasteiger partial charge in [-0.2, -0.15) is 0 Å². The molecule has 0 amide bonds. The highest BCUT2D eigenvalue weighted by Gasteiger charge is 2.37. The second-order valence-corrected chi connectivity index (χ2v) is 6.67. The molecular weight excluding hydrogens is 276 g/mol. The van der Waals surface area contributed by atoms with Crippen LogP contribution < -0.4 is 11.1 Å². The summed E-state index contributed by atoms with van der Waals surface area (Å²) in [6.45, 7) is 8.53. The van der Waals surface area contributed by atoms with Crippen molar-refractivity contribution in [1.29, 1.82) is 0 Å². The predicted octanol–water partition coefficient (Wildman–Crippen LogP) is 3.58. The van der Waals surface area contributed by atoms with Gasteiger partial charge in [0, 0.05) is 17.4 Å². The molecule has 1 atom stereocenters. The summed E-state index contributed by atoms with van der Waals surface area (Å²) in [7, 11) is 0. The standard InChI is InChI=1S/C18H26N2S/c1-3-18(14-21-13-10-19,17-8-11-20-12-9-17)16-6-4-15(2)5-7-16/h3-7,10,13,17,20H,1,8-9,11-12,14,19H2,2H3/b13-10-. The number of benzene rings is 1. The summed E-state index contributed by atoms with van der Waals surface area (Å²) >= 11 is 1.78. The second kappa shape index (κ2) is 7.71. The SMILES string of the molecule is C=CC(CS/C=C\N)(c1ccc(C)cc1)C1CCNCC1. The van der Waals surface area contributed by atoms with Gasteiger partial charge in [0.15, 0.2) is 0 Å². The van der Waals surface area contributed by atoms with Crippen molar-refractivity contribution in [2.45, 2.75) is 25.2 Å². The first-order chi connectivity index (χ1) is 10.2. The lowest BCUT2D eigenvalue weighted by Crippen LogP contribution is -2.42. The van der Waals surface area contributed by atoms with E-state index in [9.17, 15) is 0 Å². The van der Waals surface area contributed by atoms with Gasteiger partial charge in [0.05, 0.1) is 0 Å². The van der Waals surface area contributed by atoms with Crippen LogP contribution in [0.4, 0.5) is 0 Å². The Balaban J connectivity index is 2.34. The van der Waals surface area contributed by atoms with Gasteiger partial charge in [-0.25, -0.2) is 0 Å². The summed E-state index contributed by atoms with van der Waals surface area (Å²) < 4.78 is 0.